The maximum atomic E-state index is 10.6. The van der Waals surface area contributed by atoms with E-state index in [1.807, 2.05) is 38.1 Å². The van der Waals surface area contributed by atoms with Gasteiger partial charge in [-0.25, -0.2) is 0 Å². The lowest BCUT2D eigenvalue weighted by Gasteiger charge is -2.10. The lowest BCUT2D eigenvalue weighted by molar-refractivity contribution is -0.137. The highest BCUT2D eigenvalue weighted by Gasteiger charge is 2.06. The first-order chi connectivity index (χ1) is 9.04. The molecule has 1 N–H and O–H groups in total. The highest BCUT2D eigenvalue weighted by Crippen LogP contribution is 2.24. The topological polar surface area (TPSA) is 64.4 Å². The molecule has 5 nitrogen and oxygen atoms in total. The lowest BCUT2D eigenvalue weighted by Crippen LogP contribution is -2.08. The minimum Gasteiger partial charge on any atom is -0.491 e. The Morgan fingerprint density at radius 3 is 2.89 bits per heavy atom. The van der Waals surface area contributed by atoms with Crippen molar-refractivity contribution in [3.05, 3.63) is 36.7 Å². The van der Waals surface area contributed by atoms with Crippen LogP contribution in [0.5, 0.6) is 5.75 Å². The molecule has 0 amide bonds. The molecule has 2 aromatic rings. The smallest absolute Gasteiger partial charge is 0.325 e. The summed E-state index contributed by atoms with van der Waals surface area (Å²) < 4.78 is 7.02. The average molecular weight is 260 g/mol. The number of carbonyl (C=O) groups is 1. The van der Waals surface area contributed by atoms with Crippen molar-refractivity contribution in [1.29, 1.82) is 0 Å². The second kappa shape index (κ2) is 5.56. The molecule has 0 saturated heterocycles. The molecule has 0 radical (unpaired) electrons. The molecule has 100 valence electrons. The van der Waals surface area contributed by atoms with Crippen molar-refractivity contribution in [1.82, 2.24) is 9.78 Å². The fourth-order valence-electron chi connectivity index (χ4n) is 1.76. The van der Waals surface area contributed by atoms with Crippen LogP contribution < -0.4 is 4.74 Å². The number of hydrogen-bond donors (Lipinski definition) is 1. The molecule has 0 saturated carbocycles. The molecule has 0 fully saturated rings. The van der Waals surface area contributed by atoms with E-state index in [9.17, 15) is 4.79 Å². The van der Waals surface area contributed by atoms with Crippen LogP contribution in [0.1, 0.15) is 13.8 Å². The van der Waals surface area contributed by atoms with E-state index in [-0.39, 0.29) is 12.6 Å². The van der Waals surface area contributed by atoms with Crippen molar-refractivity contribution in [2.24, 2.45) is 0 Å². The van der Waals surface area contributed by atoms with Crippen LogP contribution in [0.25, 0.3) is 11.1 Å². The van der Waals surface area contributed by atoms with E-state index in [2.05, 4.69) is 5.10 Å². The predicted octanol–water partition coefficient (Wildman–Crippen LogP) is 2.42. The molecule has 2 rings (SSSR count). The molecule has 0 aliphatic rings. The van der Waals surface area contributed by atoms with Crippen LogP contribution in [-0.2, 0) is 11.3 Å². The number of aromatic nitrogens is 2. The number of hydrogen-bond acceptors (Lipinski definition) is 3. The van der Waals surface area contributed by atoms with Crippen LogP contribution in [0, 0.1) is 0 Å². The van der Waals surface area contributed by atoms with Crippen LogP contribution >= 0.6 is 0 Å². The molecule has 5 heteroatoms. The molecule has 0 unspecified atom stereocenters. The van der Waals surface area contributed by atoms with Gasteiger partial charge < -0.3 is 9.84 Å². The number of benzene rings is 1. The number of aliphatic carboxylic acids is 1. The quantitative estimate of drug-likeness (QED) is 0.896. The van der Waals surface area contributed by atoms with Gasteiger partial charge in [-0.15, -0.1) is 0 Å². The Morgan fingerprint density at radius 1 is 1.42 bits per heavy atom. The SMILES string of the molecule is CC(C)Oc1cccc(-c2cnn(CC(=O)O)c2)c1. The van der Waals surface area contributed by atoms with Gasteiger partial charge >= 0.3 is 5.97 Å². The van der Waals surface area contributed by atoms with Crippen LogP contribution in [0.2, 0.25) is 0 Å². The number of rotatable bonds is 5. The molecule has 0 spiro atoms. The second-order valence-electron chi connectivity index (χ2n) is 4.51. The minimum atomic E-state index is -0.911. The van der Waals surface area contributed by atoms with Crippen LogP contribution in [0.15, 0.2) is 36.7 Å². The maximum absolute atomic E-state index is 10.6. The summed E-state index contributed by atoms with van der Waals surface area (Å²) in [5, 5.41) is 12.7. The van der Waals surface area contributed by atoms with E-state index in [4.69, 9.17) is 9.84 Å². The second-order valence-corrected chi connectivity index (χ2v) is 4.51. The van der Waals surface area contributed by atoms with Crippen molar-refractivity contribution < 1.29 is 14.6 Å². The van der Waals surface area contributed by atoms with Crippen molar-refractivity contribution in [2.75, 3.05) is 0 Å². The van der Waals surface area contributed by atoms with Gasteiger partial charge in [0.1, 0.15) is 12.3 Å². The number of nitrogens with zero attached hydrogens (tertiary/aromatic N) is 2. The Hall–Kier alpha value is -2.30. The van der Waals surface area contributed by atoms with E-state index in [1.54, 1.807) is 12.4 Å². The summed E-state index contributed by atoms with van der Waals surface area (Å²) in [5.41, 5.74) is 1.82. The minimum absolute atomic E-state index is 0.116. The summed E-state index contributed by atoms with van der Waals surface area (Å²) >= 11 is 0. The zero-order valence-electron chi connectivity index (χ0n) is 10.9. The molecule has 0 aliphatic heterocycles. The van der Waals surface area contributed by atoms with Crippen molar-refractivity contribution >= 4 is 5.97 Å². The van der Waals surface area contributed by atoms with Gasteiger partial charge in [0, 0.05) is 11.8 Å². The highest BCUT2D eigenvalue weighted by atomic mass is 16.5. The molecule has 0 atom stereocenters. The monoisotopic (exact) mass is 260 g/mol. The Bertz CT molecular complexity index is 576. The van der Waals surface area contributed by atoms with Crippen molar-refractivity contribution in [3.8, 4) is 16.9 Å². The average Bonchev–Trinajstić information content (AvgIpc) is 2.76. The van der Waals surface area contributed by atoms with E-state index in [0.29, 0.717) is 0 Å². The van der Waals surface area contributed by atoms with Crippen LogP contribution in [0.3, 0.4) is 0 Å². The van der Waals surface area contributed by atoms with Crippen molar-refractivity contribution in [3.63, 3.8) is 0 Å². The molecular weight excluding hydrogens is 244 g/mol. The highest BCUT2D eigenvalue weighted by molar-refractivity contribution is 5.67. The van der Waals surface area contributed by atoms with Gasteiger partial charge in [0.25, 0.3) is 0 Å². The summed E-state index contributed by atoms with van der Waals surface area (Å²) in [6.07, 6.45) is 3.48. The summed E-state index contributed by atoms with van der Waals surface area (Å²) in [6, 6.07) is 7.66. The first-order valence-corrected chi connectivity index (χ1v) is 6.06. The molecule has 0 bridgehead atoms. The summed E-state index contributed by atoms with van der Waals surface area (Å²) in [4.78, 5) is 10.6. The third kappa shape index (κ3) is 3.58. The molecule has 1 aromatic heterocycles. The maximum Gasteiger partial charge on any atom is 0.325 e. The van der Waals surface area contributed by atoms with Gasteiger partial charge in [0.15, 0.2) is 0 Å². The number of ether oxygens (including phenoxy) is 1. The molecule has 1 heterocycles. The van der Waals surface area contributed by atoms with Crippen molar-refractivity contribution in [2.45, 2.75) is 26.5 Å². The van der Waals surface area contributed by atoms with Crippen LogP contribution in [-0.4, -0.2) is 27.0 Å². The molecular formula is C14H16N2O3. The van der Waals surface area contributed by atoms with Gasteiger partial charge in [-0.3, -0.25) is 9.48 Å². The van der Waals surface area contributed by atoms with Gasteiger partial charge in [-0.2, -0.15) is 5.10 Å². The number of carboxylic acid groups (broad SMARTS) is 1. The lowest BCUT2D eigenvalue weighted by atomic mass is 10.1. The van der Waals surface area contributed by atoms with Gasteiger partial charge in [0.05, 0.1) is 12.3 Å². The summed E-state index contributed by atoms with van der Waals surface area (Å²) in [7, 11) is 0. The normalized spacial score (nSPS) is 10.7. The Balaban J connectivity index is 2.21. The van der Waals surface area contributed by atoms with E-state index >= 15 is 0 Å². The zero-order chi connectivity index (χ0) is 13.8. The Labute approximate surface area is 111 Å². The third-order valence-corrected chi connectivity index (χ3v) is 2.47. The number of carboxylic acids is 1. The van der Waals surface area contributed by atoms with Crippen LogP contribution in [0.4, 0.5) is 0 Å². The fraction of sp³-hybridized carbons (Fsp3) is 0.286. The molecule has 19 heavy (non-hydrogen) atoms. The largest absolute Gasteiger partial charge is 0.491 e. The standard InChI is InChI=1S/C14H16N2O3/c1-10(2)19-13-5-3-4-11(6-13)12-7-15-16(8-12)9-14(17)18/h3-8,10H,9H2,1-2H3,(H,17,18). The Kier molecular flexibility index (Phi) is 3.85. The zero-order valence-corrected chi connectivity index (χ0v) is 10.9. The predicted molar refractivity (Wildman–Crippen MR) is 71.1 cm³/mol. The molecule has 0 aliphatic carbocycles. The first-order valence-electron chi connectivity index (χ1n) is 6.06. The third-order valence-electron chi connectivity index (χ3n) is 2.47. The van der Waals surface area contributed by atoms with Gasteiger partial charge in [0.2, 0.25) is 0 Å². The summed E-state index contributed by atoms with van der Waals surface area (Å²) in [5.74, 6) is -0.120. The summed E-state index contributed by atoms with van der Waals surface area (Å²) in [6.45, 7) is 3.80. The molecule has 1 aromatic carbocycles. The van der Waals surface area contributed by atoms with Gasteiger partial charge in [-0.1, -0.05) is 12.1 Å². The van der Waals surface area contributed by atoms with Gasteiger partial charge in [-0.05, 0) is 31.5 Å². The van der Waals surface area contributed by atoms with E-state index in [1.165, 1.54) is 4.68 Å². The van der Waals surface area contributed by atoms with E-state index < -0.39 is 5.97 Å². The fourth-order valence-corrected chi connectivity index (χ4v) is 1.76. The first kappa shape index (κ1) is 13.1. The Morgan fingerprint density at radius 2 is 2.21 bits per heavy atom. The van der Waals surface area contributed by atoms with E-state index in [0.717, 1.165) is 16.9 Å².